The van der Waals surface area contributed by atoms with Gasteiger partial charge in [-0.1, -0.05) is 39.0 Å². The van der Waals surface area contributed by atoms with Gasteiger partial charge in [0, 0.05) is 6.42 Å². The number of unbranched alkanes of at least 4 members (excludes halogenated alkanes) is 5. The maximum absolute atomic E-state index is 11.0. The Morgan fingerprint density at radius 2 is 1.94 bits per heavy atom. The number of aromatic hydroxyl groups is 1. The minimum atomic E-state index is -0.284. The summed E-state index contributed by atoms with van der Waals surface area (Å²) in [6.45, 7) is 2.20. The molecule has 4 nitrogen and oxygen atoms in total. The van der Waals surface area contributed by atoms with Crippen molar-refractivity contribution in [2.75, 3.05) is 0 Å². The molecule has 1 rings (SSSR count). The average molecular weight is 224 g/mol. The Bertz CT molecular complexity index is 360. The maximum atomic E-state index is 11.0. The van der Waals surface area contributed by atoms with E-state index < -0.39 is 0 Å². The lowest BCUT2D eigenvalue weighted by Gasteiger charge is -2.01. The van der Waals surface area contributed by atoms with Gasteiger partial charge in [-0.2, -0.15) is 0 Å². The van der Waals surface area contributed by atoms with Gasteiger partial charge in [0.1, 0.15) is 5.82 Å². The zero-order chi connectivity index (χ0) is 11.8. The van der Waals surface area contributed by atoms with Crippen LogP contribution in [0.1, 0.15) is 51.3 Å². The molecule has 90 valence electrons. The molecule has 0 saturated carbocycles. The Balaban J connectivity index is 2.24. The lowest BCUT2D eigenvalue weighted by molar-refractivity contribution is 0.446. The molecule has 0 spiro atoms. The van der Waals surface area contributed by atoms with Crippen LogP contribution in [-0.2, 0) is 6.42 Å². The van der Waals surface area contributed by atoms with Crippen molar-refractivity contribution in [1.82, 2.24) is 9.97 Å². The molecular formula is C12H20N2O2. The van der Waals surface area contributed by atoms with Gasteiger partial charge in [-0.05, 0) is 6.42 Å². The zero-order valence-corrected chi connectivity index (χ0v) is 9.83. The van der Waals surface area contributed by atoms with Crippen LogP contribution in [-0.4, -0.2) is 15.1 Å². The van der Waals surface area contributed by atoms with Crippen LogP contribution in [0.15, 0.2) is 10.9 Å². The monoisotopic (exact) mass is 224 g/mol. The summed E-state index contributed by atoms with van der Waals surface area (Å²) in [6.07, 6.45) is 7.95. The molecule has 0 aliphatic carbocycles. The van der Waals surface area contributed by atoms with Crippen LogP contribution < -0.4 is 5.56 Å². The van der Waals surface area contributed by atoms with E-state index in [-0.39, 0.29) is 11.4 Å². The predicted octanol–water partition coefficient (Wildman–Crippen LogP) is 2.38. The van der Waals surface area contributed by atoms with Crippen molar-refractivity contribution in [2.24, 2.45) is 0 Å². The summed E-state index contributed by atoms with van der Waals surface area (Å²) in [6, 6.07) is 1.09. The molecule has 0 aromatic carbocycles. The number of hydrogen-bond acceptors (Lipinski definition) is 3. The van der Waals surface area contributed by atoms with Crippen LogP contribution >= 0.6 is 0 Å². The fourth-order valence-electron chi connectivity index (χ4n) is 1.69. The number of H-pyrrole nitrogens is 1. The first kappa shape index (κ1) is 12.7. The summed E-state index contributed by atoms with van der Waals surface area (Å²) >= 11 is 0. The van der Waals surface area contributed by atoms with Crippen LogP contribution in [0.25, 0.3) is 0 Å². The fourth-order valence-corrected chi connectivity index (χ4v) is 1.69. The summed E-state index contributed by atoms with van der Waals surface area (Å²) in [4.78, 5) is 17.5. The summed E-state index contributed by atoms with van der Waals surface area (Å²) < 4.78 is 0. The topological polar surface area (TPSA) is 66.0 Å². The summed E-state index contributed by atoms with van der Waals surface area (Å²) in [5.74, 6) is 0.394. The first-order valence-electron chi connectivity index (χ1n) is 6.01. The largest absolute Gasteiger partial charge is 0.493 e. The Morgan fingerprint density at radius 1 is 1.25 bits per heavy atom. The van der Waals surface area contributed by atoms with Crippen LogP contribution in [0.4, 0.5) is 0 Å². The third-order valence-electron chi connectivity index (χ3n) is 2.54. The first-order chi connectivity index (χ1) is 7.72. The van der Waals surface area contributed by atoms with Crippen molar-refractivity contribution in [3.8, 4) is 5.88 Å². The Morgan fingerprint density at radius 3 is 2.62 bits per heavy atom. The lowest BCUT2D eigenvalue weighted by Crippen LogP contribution is -2.09. The highest BCUT2D eigenvalue weighted by Gasteiger charge is 1.99. The van der Waals surface area contributed by atoms with Crippen molar-refractivity contribution < 1.29 is 5.11 Å². The van der Waals surface area contributed by atoms with Gasteiger partial charge in [-0.3, -0.25) is 4.79 Å². The number of aromatic nitrogens is 2. The number of hydrogen-bond donors (Lipinski definition) is 2. The Kier molecular flexibility index (Phi) is 5.61. The summed E-state index contributed by atoms with van der Waals surface area (Å²) in [5.41, 5.74) is -0.284. The number of aromatic amines is 1. The van der Waals surface area contributed by atoms with Gasteiger partial charge >= 0.3 is 0 Å². The quantitative estimate of drug-likeness (QED) is 0.699. The molecule has 0 fully saturated rings. The van der Waals surface area contributed by atoms with Crippen molar-refractivity contribution >= 4 is 0 Å². The van der Waals surface area contributed by atoms with Crippen molar-refractivity contribution in [3.05, 3.63) is 22.2 Å². The highest BCUT2D eigenvalue weighted by atomic mass is 16.3. The van der Waals surface area contributed by atoms with Crippen LogP contribution in [0.5, 0.6) is 5.88 Å². The highest BCUT2D eigenvalue weighted by Crippen LogP contribution is 2.08. The van der Waals surface area contributed by atoms with E-state index in [4.69, 9.17) is 5.11 Å². The molecule has 16 heavy (non-hydrogen) atoms. The number of nitrogens with one attached hydrogen (secondary N) is 1. The van der Waals surface area contributed by atoms with Gasteiger partial charge in [-0.25, -0.2) is 4.98 Å². The van der Waals surface area contributed by atoms with E-state index in [1.54, 1.807) is 0 Å². The van der Waals surface area contributed by atoms with E-state index >= 15 is 0 Å². The minimum Gasteiger partial charge on any atom is -0.493 e. The number of nitrogens with zero attached hydrogens (tertiary/aromatic N) is 1. The average Bonchev–Trinajstić information content (AvgIpc) is 2.22. The first-order valence-corrected chi connectivity index (χ1v) is 6.01. The lowest BCUT2D eigenvalue weighted by atomic mass is 10.1. The third kappa shape index (κ3) is 4.96. The van der Waals surface area contributed by atoms with E-state index in [0.717, 1.165) is 25.3 Å². The van der Waals surface area contributed by atoms with Gasteiger partial charge in [0.15, 0.2) is 0 Å². The van der Waals surface area contributed by atoms with Crippen LogP contribution in [0.2, 0.25) is 0 Å². The standard InChI is InChI=1S/C12H20N2O2/c1-2-3-4-5-6-7-8-10-13-11(15)9-12(16)14-10/h9H,2-8H2,1H3,(H2,13,14,15,16). The smallest absolute Gasteiger partial charge is 0.254 e. The summed E-state index contributed by atoms with van der Waals surface area (Å²) in [5, 5.41) is 9.14. The number of aryl methyl sites for hydroxylation is 1. The van der Waals surface area contributed by atoms with Gasteiger partial charge in [0.2, 0.25) is 5.88 Å². The highest BCUT2D eigenvalue weighted by molar-refractivity contribution is 5.06. The van der Waals surface area contributed by atoms with Gasteiger partial charge in [0.25, 0.3) is 5.56 Å². The second-order valence-electron chi connectivity index (χ2n) is 4.07. The third-order valence-corrected chi connectivity index (χ3v) is 2.54. The molecule has 2 N–H and O–H groups in total. The molecule has 0 unspecified atom stereocenters. The second kappa shape index (κ2) is 7.04. The van der Waals surface area contributed by atoms with E-state index in [1.165, 1.54) is 25.7 Å². The molecule has 1 heterocycles. The second-order valence-corrected chi connectivity index (χ2v) is 4.07. The molecule has 0 bridgehead atoms. The van der Waals surface area contributed by atoms with Crippen molar-refractivity contribution in [2.45, 2.75) is 51.9 Å². The molecule has 0 aliphatic heterocycles. The van der Waals surface area contributed by atoms with Gasteiger partial charge in [0.05, 0.1) is 6.07 Å². The maximum Gasteiger partial charge on any atom is 0.254 e. The molecule has 0 saturated heterocycles. The van der Waals surface area contributed by atoms with E-state index in [9.17, 15) is 4.79 Å². The zero-order valence-electron chi connectivity index (χ0n) is 9.83. The normalized spacial score (nSPS) is 10.6. The predicted molar refractivity (Wildman–Crippen MR) is 63.6 cm³/mol. The van der Waals surface area contributed by atoms with Crippen LogP contribution in [0, 0.1) is 0 Å². The van der Waals surface area contributed by atoms with Crippen molar-refractivity contribution in [3.63, 3.8) is 0 Å². The molecule has 0 atom stereocenters. The Hall–Kier alpha value is -1.32. The molecule has 4 heteroatoms. The molecule has 0 radical (unpaired) electrons. The van der Waals surface area contributed by atoms with Gasteiger partial charge in [-0.15, -0.1) is 0 Å². The Labute approximate surface area is 95.7 Å². The fraction of sp³-hybridized carbons (Fsp3) is 0.667. The SMILES string of the molecule is CCCCCCCCc1nc(O)cc(=O)[nH]1. The van der Waals surface area contributed by atoms with E-state index in [0.29, 0.717) is 5.82 Å². The number of rotatable bonds is 7. The minimum absolute atomic E-state index is 0.190. The van der Waals surface area contributed by atoms with E-state index in [2.05, 4.69) is 16.9 Å². The van der Waals surface area contributed by atoms with Gasteiger partial charge < -0.3 is 10.1 Å². The molecule has 1 aromatic heterocycles. The van der Waals surface area contributed by atoms with E-state index in [1.807, 2.05) is 0 Å². The molecular weight excluding hydrogens is 204 g/mol. The molecule has 1 aromatic rings. The van der Waals surface area contributed by atoms with Crippen molar-refractivity contribution in [1.29, 1.82) is 0 Å². The molecule has 0 amide bonds. The molecule has 0 aliphatic rings. The summed E-state index contributed by atoms with van der Waals surface area (Å²) in [7, 11) is 0. The van der Waals surface area contributed by atoms with Crippen LogP contribution in [0.3, 0.4) is 0 Å².